The molecule has 0 bridgehead atoms. The maximum Gasteiger partial charge on any atom is 0.263 e. The van der Waals surface area contributed by atoms with Crippen LogP contribution >= 0.6 is 0 Å². The Morgan fingerprint density at radius 2 is 1.94 bits per heavy atom. The van der Waals surface area contributed by atoms with Crippen molar-refractivity contribution in [3.63, 3.8) is 0 Å². The molecule has 0 saturated heterocycles. The summed E-state index contributed by atoms with van der Waals surface area (Å²) in [6, 6.07) is 2.85. The number of benzene rings is 1. The molecule has 0 aromatic heterocycles. The van der Waals surface area contributed by atoms with E-state index in [0.717, 1.165) is 18.4 Å². The van der Waals surface area contributed by atoms with E-state index in [9.17, 15) is 8.78 Å². The Kier molecular flexibility index (Phi) is 2.66. The van der Waals surface area contributed by atoms with E-state index in [1.165, 1.54) is 12.1 Å². The Morgan fingerprint density at radius 3 is 2.61 bits per heavy atom. The number of hydrogen-bond acceptors (Lipinski definition) is 3. The highest BCUT2D eigenvalue weighted by atomic mass is 19.3. The number of alkyl halides is 2. The summed E-state index contributed by atoms with van der Waals surface area (Å²) in [7, 11) is 0. The summed E-state index contributed by atoms with van der Waals surface area (Å²) in [5, 5.41) is 0. The van der Waals surface area contributed by atoms with Gasteiger partial charge in [0.15, 0.2) is 11.5 Å². The minimum atomic E-state index is -2.51. The zero-order valence-corrected chi connectivity index (χ0v) is 9.92. The lowest BCUT2D eigenvalue weighted by Crippen LogP contribution is -2.26. The molecule has 0 radical (unpaired) electrons. The van der Waals surface area contributed by atoms with Crippen LogP contribution in [0.15, 0.2) is 12.1 Å². The van der Waals surface area contributed by atoms with Crippen LogP contribution in [-0.2, 0) is 6.42 Å². The van der Waals surface area contributed by atoms with Crippen molar-refractivity contribution < 1.29 is 18.3 Å². The Bertz CT molecular complexity index is 472. The lowest BCUT2D eigenvalue weighted by Gasteiger charge is -2.23. The number of hydrogen-bond donors (Lipinski definition) is 1. The van der Waals surface area contributed by atoms with Gasteiger partial charge >= 0.3 is 0 Å². The first-order valence-electron chi connectivity index (χ1n) is 6.07. The van der Waals surface area contributed by atoms with Gasteiger partial charge in [-0.05, 0) is 31.4 Å². The second-order valence-corrected chi connectivity index (χ2v) is 5.04. The van der Waals surface area contributed by atoms with Crippen molar-refractivity contribution in [1.82, 2.24) is 0 Å². The molecule has 0 unspecified atom stereocenters. The summed E-state index contributed by atoms with van der Waals surface area (Å²) < 4.78 is 36.6. The zero-order chi connectivity index (χ0) is 12.8. The Hall–Kier alpha value is -1.36. The number of ether oxygens (including phenoxy) is 2. The van der Waals surface area contributed by atoms with Crippen molar-refractivity contribution in [3.05, 3.63) is 23.3 Å². The summed E-state index contributed by atoms with van der Waals surface area (Å²) in [6.45, 7) is 0.846. The molecule has 1 aromatic rings. The highest BCUT2D eigenvalue weighted by Gasteiger charge is 2.39. The molecule has 3 rings (SSSR count). The van der Waals surface area contributed by atoms with E-state index in [4.69, 9.17) is 15.2 Å². The highest BCUT2D eigenvalue weighted by Crippen LogP contribution is 2.43. The zero-order valence-electron chi connectivity index (χ0n) is 9.92. The molecule has 0 spiro atoms. The van der Waals surface area contributed by atoms with Crippen LogP contribution < -0.4 is 15.2 Å². The molecule has 1 saturated carbocycles. The maximum atomic E-state index is 12.8. The topological polar surface area (TPSA) is 44.5 Å². The third kappa shape index (κ3) is 2.14. The molecule has 2 N–H and O–H groups in total. The summed E-state index contributed by atoms with van der Waals surface area (Å²) in [5.41, 5.74) is 6.52. The number of rotatable bonds is 3. The fraction of sp³-hybridized carbons (Fsp3) is 0.538. The van der Waals surface area contributed by atoms with Gasteiger partial charge in [-0.15, -0.1) is 0 Å². The van der Waals surface area contributed by atoms with Gasteiger partial charge in [0.2, 0.25) is 0 Å². The van der Waals surface area contributed by atoms with Crippen LogP contribution in [0, 0.1) is 0 Å². The summed E-state index contributed by atoms with van der Waals surface area (Å²) in [6.07, 6.45) is -0.0741. The van der Waals surface area contributed by atoms with Crippen molar-refractivity contribution >= 4 is 0 Å². The van der Waals surface area contributed by atoms with Crippen molar-refractivity contribution in [2.75, 3.05) is 13.2 Å². The van der Waals surface area contributed by atoms with Gasteiger partial charge in [0, 0.05) is 16.7 Å². The fourth-order valence-electron chi connectivity index (χ4n) is 2.22. The Morgan fingerprint density at radius 1 is 1.22 bits per heavy atom. The molecular weight excluding hydrogens is 240 g/mol. The molecule has 1 aliphatic carbocycles. The quantitative estimate of drug-likeness (QED) is 0.902. The van der Waals surface area contributed by atoms with E-state index in [2.05, 4.69) is 0 Å². The fourth-order valence-corrected chi connectivity index (χ4v) is 2.22. The van der Waals surface area contributed by atoms with E-state index in [1.807, 2.05) is 0 Å². The van der Waals surface area contributed by atoms with Crippen LogP contribution in [0.1, 0.15) is 30.4 Å². The lowest BCUT2D eigenvalue weighted by molar-refractivity contribution is 0.146. The average molecular weight is 255 g/mol. The minimum absolute atomic E-state index is 0.0292. The van der Waals surface area contributed by atoms with Crippen LogP contribution in [-0.4, -0.2) is 18.8 Å². The molecule has 1 aromatic carbocycles. The maximum absolute atomic E-state index is 12.8. The number of nitrogens with two attached hydrogens (primary N) is 1. The second-order valence-electron chi connectivity index (χ2n) is 5.04. The molecule has 3 nitrogen and oxygen atoms in total. The molecule has 0 atom stereocenters. The van der Waals surface area contributed by atoms with Gasteiger partial charge in [-0.3, -0.25) is 0 Å². The predicted molar refractivity (Wildman–Crippen MR) is 62.2 cm³/mol. The van der Waals surface area contributed by atoms with Crippen molar-refractivity contribution in [2.45, 2.75) is 31.2 Å². The highest BCUT2D eigenvalue weighted by molar-refractivity contribution is 5.51. The Balaban J connectivity index is 2.00. The van der Waals surface area contributed by atoms with Crippen molar-refractivity contribution in [3.8, 4) is 11.5 Å². The third-order valence-electron chi connectivity index (χ3n) is 3.43. The van der Waals surface area contributed by atoms with Gasteiger partial charge in [0.05, 0.1) is 0 Å². The van der Waals surface area contributed by atoms with E-state index < -0.39 is 6.43 Å². The van der Waals surface area contributed by atoms with Gasteiger partial charge < -0.3 is 15.2 Å². The summed E-state index contributed by atoms with van der Waals surface area (Å²) in [5.74, 6) is 1.00. The van der Waals surface area contributed by atoms with E-state index >= 15 is 0 Å². The first kappa shape index (κ1) is 11.7. The Labute approximate surface area is 104 Å². The lowest BCUT2D eigenvalue weighted by atomic mass is 10.0. The molecule has 5 heteroatoms. The van der Waals surface area contributed by atoms with Crippen LogP contribution in [0.25, 0.3) is 0 Å². The van der Waals surface area contributed by atoms with Crippen LogP contribution in [0.3, 0.4) is 0 Å². The predicted octanol–water partition coefficient (Wildman–Crippen LogP) is 2.43. The molecule has 1 fully saturated rings. The largest absolute Gasteiger partial charge is 0.486 e. The van der Waals surface area contributed by atoms with Crippen molar-refractivity contribution in [2.24, 2.45) is 5.73 Å². The normalized spacial score (nSPS) is 20.0. The first-order chi connectivity index (χ1) is 8.57. The molecular formula is C13H15F2NO2. The van der Waals surface area contributed by atoms with Gasteiger partial charge in [0.1, 0.15) is 13.2 Å². The number of fused-ring (bicyclic) bond motifs is 1. The first-order valence-corrected chi connectivity index (χ1v) is 6.07. The molecule has 0 amide bonds. The number of halogens is 2. The molecule has 98 valence electrons. The minimum Gasteiger partial charge on any atom is -0.486 e. The van der Waals surface area contributed by atoms with Crippen LogP contribution in [0.4, 0.5) is 8.78 Å². The van der Waals surface area contributed by atoms with Gasteiger partial charge in [-0.1, -0.05) is 0 Å². The summed E-state index contributed by atoms with van der Waals surface area (Å²) in [4.78, 5) is 0. The summed E-state index contributed by atoms with van der Waals surface area (Å²) >= 11 is 0. The van der Waals surface area contributed by atoms with Gasteiger partial charge in [0.25, 0.3) is 6.43 Å². The van der Waals surface area contributed by atoms with E-state index in [-0.39, 0.29) is 11.1 Å². The molecule has 1 heterocycles. The van der Waals surface area contributed by atoms with Gasteiger partial charge in [-0.25, -0.2) is 8.78 Å². The van der Waals surface area contributed by atoms with E-state index in [1.54, 1.807) is 0 Å². The average Bonchev–Trinajstić information content (AvgIpc) is 3.06. The monoisotopic (exact) mass is 255 g/mol. The van der Waals surface area contributed by atoms with Gasteiger partial charge in [-0.2, -0.15) is 0 Å². The third-order valence-corrected chi connectivity index (χ3v) is 3.43. The SMILES string of the molecule is NC1(Cc2cc(C(F)F)cc3c2OCCO3)CC1. The van der Waals surface area contributed by atoms with E-state index in [0.29, 0.717) is 31.1 Å². The second kappa shape index (κ2) is 4.09. The molecule has 2 aliphatic rings. The molecule has 1 aliphatic heterocycles. The smallest absolute Gasteiger partial charge is 0.263 e. The van der Waals surface area contributed by atoms with Crippen molar-refractivity contribution in [1.29, 1.82) is 0 Å². The molecule has 18 heavy (non-hydrogen) atoms. The van der Waals surface area contributed by atoms with Crippen LogP contribution in [0.2, 0.25) is 0 Å². The standard InChI is InChI=1S/C13H15F2NO2/c14-12(15)8-5-9(7-13(16)1-2-13)11-10(6-8)17-3-4-18-11/h5-6,12H,1-4,7,16H2. The van der Waals surface area contributed by atoms with Crippen LogP contribution in [0.5, 0.6) is 11.5 Å².